The van der Waals surface area contributed by atoms with Gasteiger partial charge in [-0.05, 0) is 25.8 Å². The van der Waals surface area contributed by atoms with Gasteiger partial charge in [-0.3, -0.25) is 4.79 Å². The third-order valence-electron chi connectivity index (χ3n) is 5.06. The highest BCUT2D eigenvalue weighted by atomic mass is 16.1. The van der Waals surface area contributed by atoms with Gasteiger partial charge in [0, 0.05) is 43.7 Å². The fourth-order valence-corrected chi connectivity index (χ4v) is 3.78. The molecule has 3 aromatic heterocycles. The SMILES string of the molecule is Cc1nc2cnc3[nH]ccc3c2n(C2CCN(CCC#N)CC2)c1=O. The maximum absolute atomic E-state index is 12.9. The van der Waals surface area contributed by atoms with Crippen molar-refractivity contribution in [3.63, 3.8) is 0 Å². The number of nitrogens with zero attached hydrogens (tertiary/aromatic N) is 5. The van der Waals surface area contributed by atoms with Gasteiger partial charge < -0.3 is 14.5 Å². The topological polar surface area (TPSA) is 90.6 Å². The van der Waals surface area contributed by atoms with Gasteiger partial charge in [0.05, 0.1) is 17.8 Å². The van der Waals surface area contributed by atoms with Gasteiger partial charge in [-0.25, -0.2) is 9.97 Å². The highest BCUT2D eigenvalue weighted by Crippen LogP contribution is 2.28. The number of aromatic amines is 1. The van der Waals surface area contributed by atoms with Gasteiger partial charge in [-0.2, -0.15) is 5.26 Å². The fraction of sp³-hybridized carbons (Fsp3) is 0.444. The summed E-state index contributed by atoms with van der Waals surface area (Å²) in [6, 6.07) is 4.31. The number of hydrogen-bond donors (Lipinski definition) is 1. The molecule has 0 amide bonds. The van der Waals surface area contributed by atoms with Crippen LogP contribution in [0.25, 0.3) is 22.1 Å². The van der Waals surface area contributed by atoms with Gasteiger partial charge in [-0.15, -0.1) is 0 Å². The van der Waals surface area contributed by atoms with Crippen LogP contribution in [-0.4, -0.2) is 44.1 Å². The number of piperidine rings is 1. The Bertz CT molecular complexity index is 1020. The minimum Gasteiger partial charge on any atom is -0.346 e. The van der Waals surface area contributed by atoms with Crippen molar-refractivity contribution in [2.24, 2.45) is 0 Å². The predicted octanol–water partition coefficient (Wildman–Crippen LogP) is 2.13. The molecule has 1 aliphatic rings. The maximum atomic E-state index is 12.9. The monoisotopic (exact) mass is 336 g/mol. The molecule has 0 bridgehead atoms. The number of nitriles is 1. The van der Waals surface area contributed by atoms with E-state index in [2.05, 4.69) is 25.9 Å². The summed E-state index contributed by atoms with van der Waals surface area (Å²) in [6.45, 7) is 4.38. The molecule has 4 rings (SSSR count). The second kappa shape index (κ2) is 6.30. The zero-order chi connectivity index (χ0) is 17.4. The normalized spacial score (nSPS) is 16.5. The zero-order valence-electron chi connectivity index (χ0n) is 14.2. The average molecular weight is 336 g/mol. The van der Waals surface area contributed by atoms with Crippen LogP contribution in [0.5, 0.6) is 0 Å². The van der Waals surface area contributed by atoms with Crippen molar-refractivity contribution in [2.75, 3.05) is 19.6 Å². The number of H-pyrrole nitrogens is 1. The molecule has 7 nitrogen and oxygen atoms in total. The number of hydrogen-bond acceptors (Lipinski definition) is 5. The highest BCUT2D eigenvalue weighted by molar-refractivity contribution is 6.00. The summed E-state index contributed by atoms with van der Waals surface area (Å²) in [5, 5.41) is 9.69. The minimum atomic E-state index is -0.0170. The van der Waals surface area contributed by atoms with Crippen LogP contribution in [0.15, 0.2) is 23.3 Å². The number of likely N-dealkylation sites (tertiary alicyclic amines) is 1. The lowest BCUT2D eigenvalue weighted by Gasteiger charge is -2.33. The molecule has 7 heteroatoms. The molecule has 1 fully saturated rings. The molecular formula is C18H20N6O. The Labute approximate surface area is 144 Å². The van der Waals surface area contributed by atoms with E-state index >= 15 is 0 Å². The minimum absolute atomic E-state index is 0.0170. The third kappa shape index (κ3) is 2.68. The van der Waals surface area contributed by atoms with E-state index in [1.807, 2.05) is 16.8 Å². The molecule has 4 heterocycles. The highest BCUT2D eigenvalue weighted by Gasteiger charge is 2.24. The molecule has 25 heavy (non-hydrogen) atoms. The summed E-state index contributed by atoms with van der Waals surface area (Å²) in [6.07, 6.45) is 5.93. The molecule has 3 aromatic rings. The van der Waals surface area contributed by atoms with Gasteiger partial charge in [0.2, 0.25) is 0 Å². The van der Waals surface area contributed by atoms with Gasteiger partial charge >= 0.3 is 0 Å². The van der Waals surface area contributed by atoms with Gasteiger partial charge in [0.25, 0.3) is 5.56 Å². The molecule has 0 aromatic carbocycles. The van der Waals surface area contributed by atoms with Gasteiger partial charge in [0.15, 0.2) is 0 Å². The lowest BCUT2D eigenvalue weighted by atomic mass is 10.0. The Morgan fingerprint density at radius 2 is 2.20 bits per heavy atom. The molecule has 0 unspecified atom stereocenters. The van der Waals surface area contributed by atoms with Crippen LogP contribution < -0.4 is 5.56 Å². The Balaban J connectivity index is 1.79. The first-order valence-corrected chi connectivity index (χ1v) is 8.63. The quantitative estimate of drug-likeness (QED) is 0.791. The van der Waals surface area contributed by atoms with E-state index in [4.69, 9.17) is 5.26 Å². The van der Waals surface area contributed by atoms with E-state index in [1.54, 1.807) is 13.1 Å². The number of nitrogens with one attached hydrogen (secondary N) is 1. The molecular weight excluding hydrogens is 316 g/mol. The summed E-state index contributed by atoms with van der Waals surface area (Å²) in [5.41, 5.74) is 2.90. The first-order valence-electron chi connectivity index (χ1n) is 8.63. The molecule has 0 spiro atoms. The molecule has 0 saturated carbocycles. The molecule has 128 valence electrons. The van der Waals surface area contributed by atoms with Crippen LogP contribution >= 0.6 is 0 Å². The Kier molecular flexibility index (Phi) is 3.98. The average Bonchev–Trinajstić information content (AvgIpc) is 3.11. The van der Waals surface area contributed by atoms with Crippen molar-refractivity contribution in [3.05, 3.63) is 34.5 Å². The van der Waals surface area contributed by atoms with E-state index in [0.29, 0.717) is 12.1 Å². The fourth-order valence-electron chi connectivity index (χ4n) is 3.78. The molecule has 1 N–H and O–H groups in total. The van der Waals surface area contributed by atoms with Crippen molar-refractivity contribution in [1.82, 2.24) is 24.4 Å². The molecule has 0 radical (unpaired) electrons. The number of fused-ring (bicyclic) bond motifs is 3. The number of pyridine rings is 1. The third-order valence-corrected chi connectivity index (χ3v) is 5.06. The number of aryl methyl sites for hydroxylation is 1. The molecule has 0 aliphatic carbocycles. The summed E-state index contributed by atoms with van der Waals surface area (Å²) >= 11 is 0. The van der Waals surface area contributed by atoms with Crippen LogP contribution in [0, 0.1) is 18.3 Å². The number of rotatable bonds is 3. The first kappa shape index (κ1) is 15.8. The predicted molar refractivity (Wildman–Crippen MR) is 95.3 cm³/mol. The molecule has 1 aliphatic heterocycles. The van der Waals surface area contributed by atoms with Crippen LogP contribution in [0.1, 0.15) is 31.0 Å². The van der Waals surface area contributed by atoms with Crippen LogP contribution in [0.2, 0.25) is 0 Å². The molecule has 0 atom stereocenters. The second-order valence-electron chi connectivity index (χ2n) is 6.59. The van der Waals surface area contributed by atoms with Crippen molar-refractivity contribution < 1.29 is 0 Å². The summed E-state index contributed by atoms with van der Waals surface area (Å²) < 4.78 is 1.93. The van der Waals surface area contributed by atoms with E-state index < -0.39 is 0 Å². The van der Waals surface area contributed by atoms with Crippen LogP contribution in [-0.2, 0) is 0 Å². The summed E-state index contributed by atoms with van der Waals surface area (Å²) in [5.74, 6) is 0. The first-order chi connectivity index (χ1) is 12.2. The van der Waals surface area contributed by atoms with Crippen LogP contribution in [0.3, 0.4) is 0 Å². The van der Waals surface area contributed by atoms with Crippen molar-refractivity contribution >= 4 is 22.1 Å². The Morgan fingerprint density at radius 1 is 1.40 bits per heavy atom. The Morgan fingerprint density at radius 3 is 2.96 bits per heavy atom. The van der Waals surface area contributed by atoms with Crippen LogP contribution in [0.4, 0.5) is 0 Å². The van der Waals surface area contributed by atoms with Gasteiger partial charge in [0.1, 0.15) is 16.9 Å². The van der Waals surface area contributed by atoms with Gasteiger partial charge in [-0.1, -0.05) is 0 Å². The van der Waals surface area contributed by atoms with E-state index in [-0.39, 0.29) is 11.6 Å². The van der Waals surface area contributed by atoms with E-state index in [1.165, 1.54) is 0 Å². The van der Waals surface area contributed by atoms with E-state index in [9.17, 15) is 4.79 Å². The maximum Gasteiger partial charge on any atom is 0.272 e. The summed E-state index contributed by atoms with van der Waals surface area (Å²) in [7, 11) is 0. The lowest BCUT2D eigenvalue weighted by molar-refractivity contribution is 0.190. The number of aromatic nitrogens is 4. The lowest BCUT2D eigenvalue weighted by Crippen LogP contribution is -2.38. The smallest absolute Gasteiger partial charge is 0.272 e. The van der Waals surface area contributed by atoms with Crippen molar-refractivity contribution in [1.29, 1.82) is 5.26 Å². The Hall–Kier alpha value is -2.72. The molecule has 1 saturated heterocycles. The largest absolute Gasteiger partial charge is 0.346 e. The second-order valence-corrected chi connectivity index (χ2v) is 6.59. The van der Waals surface area contributed by atoms with Crippen molar-refractivity contribution in [3.8, 4) is 6.07 Å². The van der Waals surface area contributed by atoms with Crippen molar-refractivity contribution in [2.45, 2.75) is 32.2 Å². The summed E-state index contributed by atoms with van der Waals surface area (Å²) in [4.78, 5) is 27.2. The zero-order valence-corrected chi connectivity index (χ0v) is 14.2. The standard InChI is InChI=1S/C18H20N6O/c1-12-18(25)24(13-4-9-23(10-5-13)8-2-6-19)16-14-3-7-20-17(14)21-11-15(16)22-12/h3,7,11,13H,2,4-5,8-10H2,1H3,(H,20,21). The van der Waals surface area contributed by atoms with E-state index in [0.717, 1.165) is 54.5 Å².